The Balaban J connectivity index is 2.27. The molecule has 16 heavy (non-hydrogen) atoms. The third kappa shape index (κ3) is 1.95. The van der Waals surface area contributed by atoms with E-state index in [0.29, 0.717) is 6.42 Å². The molecule has 0 fully saturated rings. The number of furan rings is 1. The first-order valence-corrected chi connectivity index (χ1v) is 6.09. The van der Waals surface area contributed by atoms with Gasteiger partial charge in [-0.3, -0.25) is 4.79 Å². The fourth-order valence-corrected chi connectivity index (χ4v) is 2.57. The van der Waals surface area contributed by atoms with Crippen LogP contribution in [0.4, 0.5) is 0 Å². The number of thiophene rings is 1. The molecule has 0 bridgehead atoms. The summed E-state index contributed by atoms with van der Waals surface area (Å²) in [5.74, 6) is 1.72. The summed E-state index contributed by atoms with van der Waals surface area (Å²) in [6, 6.07) is 3.95. The number of rotatable bonds is 3. The average molecular weight is 234 g/mol. The fourth-order valence-electron chi connectivity index (χ4n) is 1.86. The topological polar surface area (TPSA) is 30.2 Å². The Morgan fingerprint density at radius 1 is 1.31 bits per heavy atom. The molecule has 0 saturated carbocycles. The molecular formula is C13H14O2S. The molecule has 0 N–H and O–H groups in total. The van der Waals surface area contributed by atoms with Crippen LogP contribution in [0.3, 0.4) is 0 Å². The summed E-state index contributed by atoms with van der Waals surface area (Å²) in [4.78, 5) is 13.2. The van der Waals surface area contributed by atoms with Crippen LogP contribution in [0.2, 0.25) is 0 Å². The molecule has 84 valence electrons. The highest BCUT2D eigenvalue weighted by Gasteiger charge is 2.18. The van der Waals surface area contributed by atoms with Crippen LogP contribution in [0.25, 0.3) is 0 Å². The van der Waals surface area contributed by atoms with E-state index in [2.05, 4.69) is 0 Å². The van der Waals surface area contributed by atoms with E-state index in [4.69, 9.17) is 4.42 Å². The molecule has 0 aromatic carbocycles. The summed E-state index contributed by atoms with van der Waals surface area (Å²) < 4.78 is 5.47. The Morgan fingerprint density at radius 2 is 2.06 bits per heavy atom. The molecule has 3 heteroatoms. The van der Waals surface area contributed by atoms with E-state index in [1.165, 1.54) is 0 Å². The Bertz CT molecular complexity index is 506. The average Bonchev–Trinajstić information content (AvgIpc) is 2.77. The zero-order valence-corrected chi connectivity index (χ0v) is 10.5. The third-order valence-electron chi connectivity index (χ3n) is 2.76. The number of carbonyl (C=O) groups is 1. The summed E-state index contributed by atoms with van der Waals surface area (Å²) in [6.07, 6.45) is 0.471. The van der Waals surface area contributed by atoms with Gasteiger partial charge in [0.05, 0.1) is 5.56 Å². The highest BCUT2D eigenvalue weighted by molar-refractivity contribution is 7.10. The molecule has 0 radical (unpaired) electrons. The van der Waals surface area contributed by atoms with Crippen LogP contribution in [-0.2, 0) is 6.42 Å². The van der Waals surface area contributed by atoms with Crippen LogP contribution < -0.4 is 0 Å². The normalized spacial score (nSPS) is 10.7. The van der Waals surface area contributed by atoms with Crippen LogP contribution >= 0.6 is 11.3 Å². The van der Waals surface area contributed by atoms with Crippen LogP contribution in [0.15, 0.2) is 21.9 Å². The molecule has 2 rings (SSSR count). The molecule has 0 spiro atoms. The van der Waals surface area contributed by atoms with Crippen molar-refractivity contribution in [2.45, 2.75) is 27.2 Å². The molecule has 0 aliphatic heterocycles. The molecule has 0 aliphatic carbocycles. The summed E-state index contributed by atoms with van der Waals surface area (Å²) >= 11 is 1.61. The second kappa shape index (κ2) is 4.26. The summed E-state index contributed by atoms with van der Waals surface area (Å²) in [7, 11) is 0. The van der Waals surface area contributed by atoms with Crippen molar-refractivity contribution < 1.29 is 9.21 Å². The van der Waals surface area contributed by atoms with Crippen LogP contribution in [0.5, 0.6) is 0 Å². The van der Waals surface area contributed by atoms with Gasteiger partial charge in [0.1, 0.15) is 11.5 Å². The van der Waals surface area contributed by atoms with Crippen molar-refractivity contribution in [3.8, 4) is 0 Å². The summed E-state index contributed by atoms with van der Waals surface area (Å²) in [5, 5.41) is 1.99. The lowest BCUT2D eigenvalue weighted by molar-refractivity contribution is 0.0992. The molecule has 2 heterocycles. The molecule has 0 amide bonds. The minimum Gasteiger partial charge on any atom is -0.466 e. The van der Waals surface area contributed by atoms with Gasteiger partial charge in [-0.15, -0.1) is 11.3 Å². The number of carbonyl (C=O) groups excluding carboxylic acids is 1. The van der Waals surface area contributed by atoms with Gasteiger partial charge in [0.25, 0.3) is 0 Å². The van der Waals surface area contributed by atoms with Gasteiger partial charge in [0, 0.05) is 16.9 Å². The van der Waals surface area contributed by atoms with Gasteiger partial charge in [-0.25, -0.2) is 0 Å². The van der Waals surface area contributed by atoms with Gasteiger partial charge < -0.3 is 4.42 Å². The minimum atomic E-state index is 0.148. The lowest BCUT2D eigenvalue weighted by Gasteiger charge is -1.98. The predicted molar refractivity (Wildman–Crippen MR) is 65.3 cm³/mol. The first-order valence-electron chi connectivity index (χ1n) is 5.21. The Morgan fingerprint density at radius 3 is 2.56 bits per heavy atom. The zero-order valence-electron chi connectivity index (χ0n) is 9.66. The Hall–Kier alpha value is -1.35. The molecule has 0 saturated heterocycles. The van der Waals surface area contributed by atoms with Gasteiger partial charge in [-0.1, -0.05) is 6.07 Å². The number of hydrogen-bond donors (Lipinski definition) is 0. The van der Waals surface area contributed by atoms with Gasteiger partial charge in [0.2, 0.25) is 0 Å². The lowest BCUT2D eigenvalue weighted by Crippen LogP contribution is -2.04. The smallest absolute Gasteiger partial charge is 0.171 e. The standard InChI is InChI=1S/C13H14O2S/c1-8-9(2)15-10(3)13(8)12(14)7-11-5-4-6-16-11/h4-6H,7H2,1-3H3. The van der Waals surface area contributed by atoms with Gasteiger partial charge in [-0.2, -0.15) is 0 Å². The van der Waals surface area contributed by atoms with Crippen molar-refractivity contribution in [3.05, 3.63) is 45.0 Å². The van der Waals surface area contributed by atoms with Crippen LogP contribution in [0.1, 0.15) is 32.3 Å². The van der Waals surface area contributed by atoms with Crippen molar-refractivity contribution in [1.29, 1.82) is 0 Å². The maximum atomic E-state index is 12.1. The summed E-state index contributed by atoms with van der Waals surface area (Å²) in [5.41, 5.74) is 1.73. The van der Waals surface area contributed by atoms with E-state index in [9.17, 15) is 4.79 Å². The van der Waals surface area contributed by atoms with E-state index >= 15 is 0 Å². The van der Waals surface area contributed by atoms with E-state index in [1.54, 1.807) is 11.3 Å². The van der Waals surface area contributed by atoms with Gasteiger partial charge >= 0.3 is 0 Å². The van der Waals surface area contributed by atoms with Crippen molar-refractivity contribution in [2.75, 3.05) is 0 Å². The zero-order chi connectivity index (χ0) is 11.7. The van der Waals surface area contributed by atoms with Crippen LogP contribution in [-0.4, -0.2) is 5.78 Å². The SMILES string of the molecule is Cc1oc(C)c(C(=O)Cc2cccs2)c1C. The van der Waals surface area contributed by atoms with Crippen molar-refractivity contribution in [2.24, 2.45) is 0 Å². The molecule has 2 aromatic rings. The summed E-state index contributed by atoms with van der Waals surface area (Å²) in [6.45, 7) is 5.68. The Labute approximate surface area is 98.9 Å². The maximum Gasteiger partial charge on any atom is 0.171 e. The Kier molecular flexibility index (Phi) is 2.97. The van der Waals surface area contributed by atoms with E-state index in [0.717, 1.165) is 27.5 Å². The molecule has 2 nitrogen and oxygen atoms in total. The first kappa shape index (κ1) is 11.1. The predicted octanol–water partition coefficient (Wildman–Crippen LogP) is 3.69. The third-order valence-corrected chi connectivity index (χ3v) is 3.63. The van der Waals surface area contributed by atoms with E-state index < -0.39 is 0 Å². The van der Waals surface area contributed by atoms with Crippen molar-refractivity contribution in [3.63, 3.8) is 0 Å². The van der Waals surface area contributed by atoms with Crippen molar-refractivity contribution >= 4 is 17.1 Å². The largest absolute Gasteiger partial charge is 0.466 e. The highest BCUT2D eigenvalue weighted by Crippen LogP contribution is 2.23. The second-order valence-corrected chi connectivity index (χ2v) is 4.93. The maximum absolute atomic E-state index is 12.1. The first-order chi connectivity index (χ1) is 7.59. The van der Waals surface area contributed by atoms with Crippen molar-refractivity contribution in [1.82, 2.24) is 0 Å². The quantitative estimate of drug-likeness (QED) is 0.758. The highest BCUT2D eigenvalue weighted by atomic mass is 32.1. The van der Waals surface area contributed by atoms with E-state index in [1.807, 2.05) is 38.3 Å². The molecular weight excluding hydrogens is 220 g/mol. The monoisotopic (exact) mass is 234 g/mol. The number of aryl methyl sites for hydroxylation is 2. The number of ketones is 1. The number of Topliss-reactive ketones (excluding diaryl/α,β-unsaturated/α-hetero) is 1. The van der Waals surface area contributed by atoms with E-state index in [-0.39, 0.29) is 5.78 Å². The number of hydrogen-bond acceptors (Lipinski definition) is 3. The minimum absolute atomic E-state index is 0.148. The molecule has 0 unspecified atom stereocenters. The lowest BCUT2D eigenvalue weighted by atomic mass is 10.0. The van der Waals surface area contributed by atoms with Gasteiger partial charge in [-0.05, 0) is 32.2 Å². The molecule has 2 aromatic heterocycles. The fraction of sp³-hybridized carbons (Fsp3) is 0.308. The second-order valence-electron chi connectivity index (χ2n) is 3.89. The van der Waals surface area contributed by atoms with Crippen LogP contribution in [0, 0.1) is 20.8 Å². The molecule has 0 atom stereocenters. The molecule has 0 aliphatic rings. The van der Waals surface area contributed by atoms with Gasteiger partial charge in [0.15, 0.2) is 5.78 Å².